The summed E-state index contributed by atoms with van der Waals surface area (Å²) < 4.78 is 2.00. The quantitative estimate of drug-likeness (QED) is 0.917. The number of carbonyl (C=O) groups is 1. The second kappa shape index (κ2) is 6.02. The van der Waals surface area contributed by atoms with Crippen molar-refractivity contribution in [3.05, 3.63) is 12.4 Å². The van der Waals surface area contributed by atoms with Gasteiger partial charge in [0.2, 0.25) is 0 Å². The highest BCUT2D eigenvalue weighted by Gasteiger charge is 2.57. The third-order valence-electron chi connectivity index (χ3n) is 6.75. The van der Waals surface area contributed by atoms with E-state index in [1.165, 1.54) is 6.42 Å². The van der Waals surface area contributed by atoms with Crippen molar-refractivity contribution < 1.29 is 9.90 Å². The van der Waals surface area contributed by atoms with Crippen LogP contribution in [0.4, 0.5) is 4.79 Å². The van der Waals surface area contributed by atoms with Gasteiger partial charge in [0.25, 0.3) is 0 Å². The largest absolute Gasteiger partial charge is 0.465 e. The third-order valence-corrected chi connectivity index (χ3v) is 6.75. The lowest BCUT2D eigenvalue weighted by Gasteiger charge is -2.58. The molecule has 0 bridgehead atoms. The van der Waals surface area contributed by atoms with Gasteiger partial charge < -0.3 is 10.0 Å². The van der Waals surface area contributed by atoms with E-state index in [0.29, 0.717) is 24.5 Å². The van der Waals surface area contributed by atoms with Crippen molar-refractivity contribution in [2.75, 3.05) is 26.2 Å². The molecule has 3 atom stereocenters. The van der Waals surface area contributed by atoms with Crippen LogP contribution in [0.25, 0.3) is 0 Å². The van der Waals surface area contributed by atoms with Gasteiger partial charge in [0.1, 0.15) is 0 Å². The van der Waals surface area contributed by atoms with Gasteiger partial charge in [-0.3, -0.25) is 4.90 Å². The second-order valence-corrected chi connectivity index (χ2v) is 7.75. The molecule has 2 aliphatic heterocycles. The number of aromatic nitrogens is 3. The topological polar surface area (TPSA) is 74.5 Å². The summed E-state index contributed by atoms with van der Waals surface area (Å²) in [5.41, 5.74) is 0.251. The summed E-state index contributed by atoms with van der Waals surface area (Å²) in [4.78, 5) is 15.5. The lowest BCUT2D eigenvalue weighted by Crippen LogP contribution is -2.61. The smallest absolute Gasteiger partial charge is 0.407 e. The van der Waals surface area contributed by atoms with Crippen molar-refractivity contribution in [3.63, 3.8) is 0 Å². The Kier molecular flexibility index (Phi) is 3.98. The molecule has 3 unspecified atom stereocenters. The van der Waals surface area contributed by atoms with Gasteiger partial charge in [-0.25, -0.2) is 9.48 Å². The highest BCUT2D eigenvalue weighted by Crippen LogP contribution is 2.56. The van der Waals surface area contributed by atoms with Crippen LogP contribution in [0.2, 0.25) is 0 Å². The molecular formula is C17H27N5O2. The van der Waals surface area contributed by atoms with Crippen LogP contribution in [-0.4, -0.2) is 68.2 Å². The summed E-state index contributed by atoms with van der Waals surface area (Å²) in [6.07, 6.45) is 8.60. The number of likely N-dealkylation sites (tertiary alicyclic amines) is 2. The Morgan fingerprint density at radius 1 is 1.33 bits per heavy atom. The van der Waals surface area contributed by atoms with Crippen molar-refractivity contribution in [1.29, 1.82) is 0 Å². The van der Waals surface area contributed by atoms with Crippen LogP contribution in [-0.2, 0) is 0 Å². The summed E-state index contributed by atoms with van der Waals surface area (Å²) >= 11 is 0. The molecule has 3 fully saturated rings. The molecule has 132 valence electrons. The third kappa shape index (κ3) is 2.49. The Morgan fingerprint density at radius 3 is 2.71 bits per heavy atom. The summed E-state index contributed by atoms with van der Waals surface area (Å²) in [5, 5.41) is 17.3. The van der Waals surface area contributed by atoms with Gasteiger partial charge in [0, 0.05) is 38.4 Å². The van der Waals surface area contributed by atoms with E-state index < -0.39 is 6.09 Å². The molecule has 1 spiro atoms. The molecule has 1 saturated carbocycles. The minimum Gasteiger partial charge on any atom is -0.465 e. The average Bonchev–Trinajstić information content (AvgIpc) is 3.24. The molecule has 0 aromatic carbocycles. The van der Waals surface area contributed by atoms with Gasteiger partial charge in [0.05, 0.1) is 12.2 Å². The predicted molar refractivity (Wildman–Crippen MR) is 88.7 cm³/mol. The first-order chi connectivity index (χ1) is 11.6. The van der Waals surface area contributed by atoms with Crippen LogP contribution < -0.4 is 0 Å². The lowest BCUT2D eigenvalue weighted by molar-refractivity contribution is -0.0797. The van der Waals surface area contributed by atoms with Gasteiger partial charge in [-0.05, 0) is 37.0 Å². The lowest BCUT2D eigenvalue weighted by atomic mass is 9.54. The Labute approximate surface area is 142 Å². The summed E-state index contributed by atoms with van der Waals surface area (Å²) in [6, 6.07) is 1.12. The molecule has 1 aromatic rings. The Bertz CT molecular complexity index is 584. The summed E-state index contributed by atoms with van der Waals surface area (Å²) in [5.74, 6) is 0.643. The SMILES string of the molecule is CCC1C(N2CCC(n3ccnn3)CC2)CC12CCN(C(=O)O)C2. The monoisotopic (exact) mass is 333 g/mol. The van der Waals surface area contributed by atoms with Crippen LogP contribution in [0, 0.1) is 11.3 Å². The van der Waals surface area contributed by atoms with E-state index in [4.69, 9.17) is 0 Å². The van der Waals surface area contributed by atoms with Crippen LogP contribution in [0.15, 0.2) is 12.4 Å². The van der Waals surface area contributed by atoms with Crippen molar-refractivity contribution in [3.8, 4) is 0 Å². The van der Waals surface area contributed by atoms with Gasteiger partial charge >= 0.3 is 6.09 Å². The normalized spacial score (nSPS) is 34.6. The number of amides is 1. The first kappa shape index (κ1) is 15.9. The standard InChI is InChI=1S/C17H27N5O2/c1-2-14-15(11-17(14)5-9-21(12-17)16(23)24)20-7-3-13(4-8-20)22-10-6-18-19-22/h6,10,13-15H,2-5,7-9,11-12H2,1H3,(H,23,24). The Hall–Kier alpha value is -1.63. The molecule has 3 heterocycles. The number of hydrogen-bond donors (Lipinski definition) is 1. The molecule has 1 amide bonds. The Balaban J connectivity index is 1.36. The number of piperidine rings is 1. The van der Waals surface area contributed by atoms with E-state index in [1.807, 2.05) is 10.9 Å². The highest BCUT2D eigenvalue weighted by atomic mass is 16.4. The van der Waals surface area contributed by atoms with Crippen molar-refractivity contribution in [1.82, 2.24) is 24.8 Å². The van der Waals surface area contributed by atoms with E-state index in [-0.39, 0.29) is 5.41 Å². The van der Waals surface area contributed by atoms with Crippen molar-refractivity contribution in [2.45, 2.75) is 51.1 Å². The molecule has 2 saturated heterocycles. The zero-order valence-electron chi connectivity index (χ0n) is 14.3. The maximum Gasteiger partial charge on any atom is 0.407 e. The summed E-state index contributed by atoms with van der Waals surface area (Å²) in [6.45, 7) is 5.96. The molecule has 1 aliphatic carbocycles. The van der Waals surface area contributed by atoms with Gasteiger partial charge in [-0.15, -0.1) is 5.10 Å². The van der Waals surface area contributed by atoms with Crippen LogP contribution in [0.3, 0.4) is 0 Å². The fourth-order valence-corrected chi connectivity index (χ4v) is 5.47. The van der Waals surface area contributed by atoms with E-state index in [0.717, 1.165) is 45.3 Å². The average molecular weight is 333 g/mol. The number of carboxylic acid groups (broad SMARTS) is 1. The zero-order chi connectivity index (χ0) is 16.7. The molecule has 3 aliphatic rings. The van der Waals surface area contributed by atoms with E-state index >= 15 is 0 Å². The molecule has 7 heteroatoms. The first-order valence-corrected chi connectivity index (χ1v) is 9.21. The minimum atomic E-state index is -0.751. The zero-order valence-corrected chi connectivity index (χ0v) is 14.3. The molecule has 1 N–H and O–H groups in total. The fraction of sp³-hybridized carbons (Fsp3) is 0.824. The number of rotatable bonds is 3. The highest BCUT2D eigenvalue weighted by molar-refractivity contribution is 5.65. The predicted octanol–water partition coefficient (Wildman–Crippen LogP) is 2.08. The van der Waals surface area contributed by atoms with E-state index in [1.54, 1.807) is 11.1 Å². The van der Waals surface area contributed by atoms with Gasteiger partial charge in [-0.1, -0.05) is 18.6 Å². The van der Waals surface area contributed by atoms with Crippen molar-refractivity contribution >= 4 is 6.09 Å². The van der Waals surface area contributed by atoms with Crippen LogP contribution >= 0.6 is 0 Å². The van der Waals surface area contributed by atoms with Crippen molar-refractivity contribution in [2.24, 2.45) is 11.3 Å². The van der Waals surface area contributed by atoms with Gasteiger partial charge in [0.15, 0.2) is 0 Å². The maximum atomic E-state index is 11.3. The molecule has 1 aromatic heterocycles. The molecule has 24 heavy (non-hydrogen) atoms. The van der Waals surface area contributed by atoms with Crippen LogP contribution in [0.1, 0.15) is 45.1 Å². The minimum absolute atomic E-state index is 0.251. The van der Waals surface area contributed by atoms with Gasteiger partial charge in [-0.2, -0.15) is 0 Å². The second-order valence-electron chi connectivity index (χ2n) is 7.75. The number of hydrogen-bond acceptors (Lipinski definition) is 4. The van der Waals surface area contributed by atoms with Crippen LogP contribution in [0.5, 0.6) is 0 Å². The fourth-order valence-electron chi connectivity index (χ4n) is 5.47. The maximum absolute atomic E-state index is 11.3. The molecule has 7 nitrogen and oxygen atoms in total. The Morgan fingerprint density at radius 2 is 2.12 bits per heavy atom. The summed E-state index contributed by atoms with van der Waals surface area (Å²) in [7, 11) is 0. The van der Waals surface area contributed by atoms with E-state index in [9.17, 15) is 9.90 Å². The molecule has 4 rings (SSSR count). The molecular weight excluding hydrogens is 306 g/mol. The van der Waals surface area contributed by atoms with E-state index in [2.05, 4.69) is 22.1 Å². The number of nitrogens with zero attached hydrogens (tertiary/aromatic N) is 5. The first-order valence-electron chi connectivity index (χ1n) is 9.21. The molecule has 0 radical (unpaired) electrons.